The van der Waals surface area contributed by atoms with E-state index < -0.39 is 0 Å². The molecule has 0 unspecified atom stereocenters. The molecule has 3 aromatic rings. The summed E-state index contributed by atoms with van der Waals surface area (Å²) in [5, 5.41) is 2.18. The molecule has 0 fully saturated rings. The van der Waals surface area contributed by atoms with Gasteiger partial charge in [-0.15, -0.1) is 0 Å². The van der Waals surface area contributed by atoms with E-state index in [0.29, 0.717) is 10.6 Å². The summed E-state index contributed by atoms with van der Waals surface area (Å²) in [5.41, 5.74) is 5.86. The number of nitrogens with zero attached hydrogens (tertiary/aromatic N) is 1. The predicted octanol–water partition coefficient (Wildman–Crippen LogP) is 5.61. The van der Waals surface area contributed by atoms with Gasteiger partial charge in [0.05, 0.1) is 11.3 Å². The van der Waals surface area contributed by atoms with Gasteiger partial charge in [0.25, 0.3) is 5.91 Å². The maximum absolute atomic E-state index is 13.1. The van der Waals surface area contributed by atoms with E-state index in [1.54, 1.807) is 16.8 Å². The van der Waals surface area contributed by atoms with Gasteiger partial charge >= 0.3 is 0 Å². The highest BCUT2D eigenvalue weighted by Gasteiger charge is 2.34. The second-order valence-corrected chi connectivity index (χ2v) is 7.23. The van der Waals surface area contributed by atoms with Crippen molar-refractivity contribution in [2.45, 2.75) is 10.3 Å². The molecular formula is C20H15ClN2OS. The molecule has 0 bridgehead atoms. The Bertz CT molecular complexity index is 899. The van der Waals surface area contributed by atoms with Crippen LogP contribution in [0.4, 0.5) is 5.69 Å². The lowest BCUT2D eigenvalue weighted by atomic mass is 10.1. The molecule has 0 aromatic heterocycles. The minimum Gasteiger partial charge on any atom is -0.294 e. The molecule has 4 rings (SSSR count). The first-order valence-electron chi connectivity index (χ1n) is 7.89. The van der Waals surface area contributed by atoms with Gasteiger partial charge in [-0.3, -0.25) is 10.2 Å². The number of fused-ring (bicyclic) bond motifs is 1. The number of hydrazine groups is 1. The SMILES string of the molecule is O=C1c2ccccc2S[C@@H](c2ccc(Cl)cc2)N1Nc1ccccc1. The number of carbonyl (C=O) groups excluding carboxylic acids is 1. The molecule has 0 radical (unpaired) electrons. The third kappa shape index (κ3) is 3.23. The molecule has 1 atom stereocenters. The number of para-hydroxylation sites is 1. The van der Waals surface area contributed by atoms with Gasteiger partial charge in [0.1, 0.15) is 5.37 Å². The molecule has 0 saturated carbocycles. The molecule has 1 aliphatic heterocycles. The first kappa shape index (κ1) is 16.1. The van der Waals surface area contributed by atoms with E-state index in [-0.39, 0.29) is 11.3 Å². The van der Waals surface area contributed by atoms with E-state index in [2.05, 4.69) is 5.43 Å². The molecule has 3 aromatic carbocycles. The molecule has 124 valence electrons. The lowest BCUT2D eigenvalue weighted by Gasteiger charge is -2.36. The summed E-state index contributed by atoms with van der Waals surface area (Å²) < 4.78 is 0. The van der Waals surface area contributed by atoms with Crippen LogP contribution in [-0.2, 0) is 0 Å². The Balaban J connectivity index is 1.75. The molecular weight excluding hydrogens is 352 g/mol. The number of thioether (sulfide) groups is 1. The predicted molar refractivity (Wildman–Crippen MR) is 103 cm³/mol. The van der Waals surface area contributed by atoms with Crippen molar-refractivity contribution in [3.8, 4) is 0 Å². The van der Waals surface area contributed by atoms with Crippen molar-refractivity contribution in [3.05, 3.63) is 95.0 Å². The summed E-state index contributed by atoms with van der Waals surface area (Å²) in [6.07, 6.45) is 0. The standard InChI is InChI=1S/C20H15ClN2OS/c21-15-12-10-14(11-13-15)20-23(22-16-6-2-1-3-7-16)19(24)17-8-4-5-9-18(17)25-20/h1-13,20,22H/t20-/m0/s1. The minimum absolute atomic E-state index is 0.0434. The van der Waals surface area contributed by atoms with Crippen LogP contribution < -0.4 is 5.43 Å². The Kier molecular flexibility index (Phi) is 4.38. The van der Waals surface area contributed by atoms with Gasteiger partial charge in [0.2, 0.25) is 0 Å². The van der Waals surface area contributed by atoms with Gasteiger partial charge < -0.3 is 0 Å². The third-order valence-electron chi connectivity index (χ3n) is 3.99. The van der Waals surface area contributed by atoms with Gasteiger partial charge in [-0.05, 0) is 42.0 Å². The minimum atomic E-state index is -0.181. The first-order valence-corrected chi connectivity index (χ1v) is 9.14. The summed E-state index contributed by atoms with van der Waals surface area (Å²) in [6, 6.07) is 25.0. The maximum Gasteiger partial charge on any atom is 0.274 e. The normalized spacial score (nSPS) is 16.4. The van der Waals surface area contributed by atoms with Crippen LogP contribution in [0.2, 0.25) is 5.02 Å². The van der Waals surface area contributed by atoms with E-state index in [9.17, 15) is 4.79 Å². The summed E-state index contributed by atoms with van der Waals surface area (Å²) in [4.78, 5) is 14.1. The Morgan fingerprint density at radius 1 is 0.880 bits per heavy atom. The molecule has 1 aliphatic rings. The van der Waals surface area contributed by atoms with Crippen LogP contribution in [0.1, 0.15) is 21.3 Å². The maximum atomic E-state index is 13.1. The fourth-order valence-electron chi connectivity index (χ4n) is 2.76. The highest BCUT2D eigenvalue weighted by molar-refractivity contribution is 7.99. The van der Waals surface area contributed by atoms with E-state index in [1.165, 1.54) is 0 Å². The van der Waals surface area contributed by atoms with Crippen molar-refractivity contribution in [2.75, 3.05) is 5.43 Å². The zero-order valence-corrected chi connectivity index (χ0v) is 14.8. The van der Waals surface area contributed by atoms with Gasteiger partial charge in [0, 0.05) is 9.92 Å². The molecule has 25 heavy (non-hydrogen) atoms. The number of carbonyl (C=O) groups is 1. The van der Waals surface area contributed by atoms with E-state index >= 15 is 0 Å². The number of hydrogen-bond donors (Lipinski definition) is 1. The number of rotatable bonds is 3. The lowest BCUT2D eigenvalue weighted by Crippen LogP contribution is -2.40. The summed E-state index contributed by atoms with van der Waals surface area (Å²) in [7, 11) is 0. The number of nitrogens with one attached hydrogen (secondary N) is 1. The number of amides is 1. The van der Waals surface area contributed by atoms with Crippen molar-refractivity contribution in [2.24, 2.45) is 0 Å². The van der Waals surface area contributed by atoms with Crippen LogP contribution >= 0.6 is 23.4 Å². The molecule has 0 spiro atoms. The van der Waals surface area contributed by atoms with Gasteiger partial charge in [-0.25, -0.2) is 5.01 Å². The van der Waals surface area contributed by atoms with Crippen molar-refractivity contribution in [1.29, 1.82) is 0 Å². The zero-order valence-electron chi connectivity index (χ0n) is 13.2. The second-order valence-electron chi connectivity index (χ2n) is 5.67. The first-order chi connectivity index (χ1) is 12.2. The van der Waals surface area contributed by atoms with Crippen LogP contribution in [-0.4, -0.2) is 10.9 Å². The lowest BCUT2D eigenvalue weighted by molar-refractivity contribution is 0.0768. The zero-order chi connectivity index (χ0) is 17.2. The quantitative estimate of drug-likeness (QED) is 0.653. The molecule has 1 heterocycles. The molecule has 1 amide bonds. The topological polar surface area (TPSA) is 32.3 Å². The highest BCUT2D eigenvalue weighted by Crippen LogP contribution is 2.44. The molecule has 3 nitrogen and oxygen atoms in total. The van der Waals surface area contributed by atoms with E-state index in [0.717, 1.165) is 16.1 Å². The molecule has 1 N–H and O–H groups in total. The number of halogens is 1. The fourth-order valence-corrected chi connectivity index (χ4v) is 4.11. The molecule has 5 heteroatoms. The van der Waals surface area contributed by atoms with Crippen molar-refractivity contribution in [3.63, 3.8) is 0 Å². The molecule has 0 aliphatic carbocycles. The van der Waals surface area contributed by atoms with Crippen LogP contribution in [0.15, 0.2) is 83.8 Å². The number of benzene rings is 3. The summed E-state index contributed by atoms with van der Waals surface area (Å²) in [6.45, 7) is 0. The highest BCUT2D eigenvalue weighted by atomic mass is 35.5. The van der Waals surface area contributed by atoms with Crippen LogP contribution in [0.3, 0.4) is 0 Å². The van der Waals surface area contributed by atoms with Crippen LogP contribution in [0, 0.1) is 0 Å². The van der Waals surface area contributed by atoms with Gasteiger partial charge in [0.15, 0.2) is 0 Å². The largest absolute Gasteiger partial charge is 0.294 e. The van der Waals surface area contributed by atoms with Gasteiger partial charge in [-0.1, -0.05) is 65.8 Å². The average Bonchev–Trinajstić information content (AvgIpc) is 2.65. The third-order valence-corrected chi connectivity index (χ3v) is 5.56. The Morgan fingerprint density at radius 2 is 1.56 bits per heavy atom. The van der Waals surface area contributed by atoms with Crippen molar-refractivity contribution in [1.82, 2.24) is 5.01 Å². The van der Waals surface area contributed by atoms with Crippen LogP contribution in [0.25, 0.3) is 0 Å². The van der Waals surface area contributed by atoms with Gasteiger partial charge in [-0.2, -0.15) is 0 Å². The van der Waals surface area contributed by atoms with Crippen LogP contribution in [0.5, 0.6) is 0 Å². The fraction of sp³-hybridized carbons (Fsp3) is 0.0500. The second kappa shape index (κ2) is 6.82. The number of hydrogen-bond acceptors (Lipinski definition) is 3. The van der Waals surface area contributed by atoms with E-state index in [4.69, 9.17) is 11.6 Å². The monoisotopic (exact) mass is 366 g/mol. The van der Waals surface area contributed by atoms with Crippen molar-refractivity contribution >= 4 is 35.0 Å². The summed E-state index contributed by atoms with van der Waals surface area (Å²) in [5.74, 6) is -0.0434. The Labute approximate surface area is 155 Å². The Morgan fingerprint density at radius 3 is 2.32 bits per heavy atom. The Hall–Kier alpha value is -2.43. The smallest absolute Gasteiger partial charge is 0.274 e. The van der Waals surface area contributed by atoms with E-state index in [1.807, 2.05) is 78.9 Å². The number of anilines is 1. The van der Waals surface area contributed by atoms with Crippen molar-refractivity contribution < 1.29 is 4.79 Å². The summed E-state index contributed by atoms with van der Waals surface area (Å²) >= 11 is 7.67. The average molecular weight is 367 g/mol. The molecule has 0 saturated heterocycles.